The maximum absolute atomic E-state index is 10.0. The Morgan fingerprint density at radius 1 is 0.969 bits per heavy atom. The highest BCUT2D eigenvalue weighted by atomic mass is 16.7. The van der Waals surface area contributed by atoms with Crippen molar-refractivity contribution in [3.63, 3.8) is 0 Å². The fourth-order valence-electron chi connectivity index (χ4n) is 3.38. The van der Waals surface area contributed by atoms with E-state index < -0.39 is 6.10 Å². The fraction of sp³-hybridized carbons (Fsp3) is 0.538. The van der Waals surface area contributed by atoms with Gasteiger partial charge in [0, 0.05) is 6.54 Å². The monoisotopic (exact) mass is 444 g/mol. The van der Waals surface area contributed by atoms with Crippen LogP contribution in [0.3, 0.4) is 0 Å². The molecule has 0 spiro atoms. The SMILES string of the molecule is CCC(CC)COc1cccc(CCCNOCCOc2cccc(C(O)CCN)c2)c1. The number of nitrogens with two attached hydrogens (primary N) is 1. The molecular formula is C26H40N2O4. The van der Waals surface area contributed by atoms with Crippen molar-refractivity contribution in [2.75, 3.05) is 32.9 Å². The molecule has 6 heteroatoms. The van der Waals surface area contributed by atoms with Crippen LogP contribution in [0.2, 0.25) is 0 Å². The molecule has 0 bridgehead atoms. The molecule has 1 unspecified atom stereocenters. The lowest BCUT2D eigenvalue weighted by Crippen LogP contribution is -2.20. The van der Waals surface area contributed by atoms with E-state index in [-0.39, 0.29) is 0 Å². The maximum Gasteiger partial charge on any atom is 0.119 e. The first-order chi connectivity index (χ1) is 15.7. The molecule has 2 rings (SSSR count). The summed E-state index contributed by atoms with van der Waals surface area (Å²) in [5.74, 6) is 2.29. The number of ether oxygens (including phenoxy) is 2. The Bertz CT molecular complexity index is 752. The lowest BCUT2D eigenvalue weighted by molar-refractivity contribution is 0.0221. The van der Waals surface area contributed by atoms with Gasteiger partial charge in [0.05, 0.1) is 12.7 Å². The van der Waals surface area contributed by atoms with Gasteiger partial charge in [0.2, 0.25) is 0 Å². The Kier molecular flexibility index (Phi) is 12.8. The van der Waals surface area contributed by atoms with E-state index in [2.05, 4.69) is 37.5 Å². The summed E-state index contributed by atoms with van der Waals surface area (Å²) >= 11 is 0. The summed E-state index contributed by atoms with van der Waals surface area (Å²) in [4.78, 5) is 5.46. The third-order valence-corrected chi connectivity index (χ3v) is 5.52. The molecule has 0 aromatic heterocycles. The molecule has 1 atom stereocenters. The molecule has 4 N–H and O–H groups in total. The second-order valence-corrected chi connectivity index (χ2v) is 8.00. The quantitative estimate of drug-likeness (QED) is 0.247. The number of hydrogen-bond donors (Lipinski definition) is 3. The van der Waals surface area contributed by atoms with Crippen LogP contribution in [0.4, 0.5) is 0 Å². The fourth-order valence-corrected chi connectivity index (χ4v) is 3.38. The molecule has 0 fully saturated rings. The third-order valence-electron chi connectivity index (χ3n) is 5.52. The summed E-state index contributed by atoms with van der Waals surface area (Å²) in [6, 6.07) is 15.8. The topological polar surface area (TPSA) is 86.0 Å². The van der Waals surface area contributed by atoms with E-state index in [4.69, 9.17) is 20.0 Å². The Morgan fingerprint density at radius 2 is 1.72 bits per heavy atom. The van der Waals surface area contributed by atoms with Crippen LogP contribution in [0.1, 0.15) is 56.8 Å². The number of hydrogen-bond acceptors (Lipinski definition) is 6. The van der Waals surface area contributed by atoms with E-state index in [0.29, 0.717) is 37.8 Å². The van der Waals surface area contributed by atoms with Gasteiger partial charge in [0.1, 0.15) is 24.7 Å². The van der Waals surface area contributed by atoms with Gasteiger partial charge in [-0.2, -0.15) is 0 Å². The molecular weight excluding hydrogens is 404 g/mol. The van der Waals surface area contributed by atoms with Gasteiger partial charge in [-0.15, -0.1) is 0 Å². The van der Waals surface area contributed by atoms with Crippen LogP contribution < -0.4 is 20.7 Å². The van der Waals surface area contributed by atoms with Gasteiger partial charge in [-0.1, -0.05) is 51.0 Å². The summed E-state index contributed by atoms with van der Waals surface area (Å²) in [5, 5.41) is 10.0. The van der Waals surface area contributed by atoms with Crippen molar-refractivity contribution in [2.45, 2.75) is 52.1 Å². The van der Waals surface area contributed by atoms with Crippen molar-refractivity contribution in [3.8, 4) is 11.5 Å². The lowest BCUT2D eigenvalue weighted by Gasteiger charge is -2.14. The average molecular weight is 445 g/mol. The van der Waals surface area contributed by atoms with Gasteiger partial charge in [-0.3, -0.25) is 4.84 Å². The second kappa shape index (κ2) is 15.6. The molecule has 2 aromatic rings. The van der Waals surface area contributed by atoms with E-state index in [0.717, 1.165) is 50.1 Å². The summed E-state index contributed by atoms with van der Waals surface area (Å²) in [6.07, 6.45) is 4.21. The number of benzene rings is 2. The first-order valence-electron chi connectivity index (χ1n) is 11.8. The molecule has 0 saturated carbocycles. The van der Waals surface area contributed by atoms with Crippen LogP contribution in [-0.2, 0) is 11.3 Å². The van der Waals surface area contributed by atoms with Crippen LogP contribution in [0.25, 0.3) is 0 Å². The van der Waals surface area contributed by atoms with Crippen LogP contribution in [0.5, 0.6) is 11.5 Å². The number of aryl methyl sites for hydroxylation is 1. The molecule has 2 aromatic carbocycles. The van der Waals surface area contributed by atoms with Crippen molar-refractivity contribution in [1.29, 1.82) is 0 Å². The minimum atomic E-state index is -0.557. The summed E-state index contributed by atoms with van der Waals surface area (Å²) < 4.78 is 11.7. The first kappa shape index (κ1) is 26.1. The van der Waals surface area contributed by atoms with Crippen molar-refractivity contribution >= 4 is 0 Å². The molecule has 0 saturated heterocycles. The highest BCUT2D eigenvalue weighted by molar-refractivity contribution is 5.30. The summed E-state index contributed by atoms with van der Waals surface area (Å²) in [5.41, 5.74) is 10.6. The molecule has 0 amide bonds. The minimum Gasteiger partial charge on any atom is -0.493 e. The largest absolute Gasteiger partial charge is 0.493 e. The van der Waals surface area contributed by atoms with Gasteiger partial charge < -0.3 is 20.3 Å². The molecule has 0 aliphatic rings. The van der Waals surface area contributed by atoms with Crippen molar-refractivity contribution in [2.24, 2.45) is 11.7 Å². The molecule has 32 heavy (non-hydrogen) atoms. The zero-order valence-corrected chi connectivity index (χ0v) is 19.6. The Balaban J connectivity index is 1.57. The number of nitrogens with one attached hydrogen (secondary N) is 1. The standard InChI is InChI=1S/C26H40N2O4/c1-3-21(4-2)20-31-24-11-5-8-22(18-24)9-7-15-28-32-17-16-30-25-12-6-10-23(19-25)26(29)13-14-27/h5-6,8,10-12,18-19,21,26,28-29H,3-4,7,9,13-17,20,27H2,1-2H3. The van der Waals surface area contributed by atoms with E-state index >= 15 is 0 Å². The van der Waals surface area contributed by atoms with E-state index in [1.165, 1.54) is 5.56 Å². The Labute approximate surface area is 193 Å². The maximum atomic E-state index is 10.0. The summed E-state index contributed by atoms with van der Waals surface area (Å²) in [6.45, 7) is 7.29. The molecule has 0 aliphatic heterocycles. The highest BCUT2D eigenvalue weighted by Gasteiger charge is 2.07. The molecule has 6 nitrogen and oxygen atoms in total. The molecule has 178 valence electrons. The minimum absolute atomic E-state index is 0.430. The van der Waals surface area contributed by atoms with Gasteiger partial charge in [-0.05, 0) is 67.1 Å². The predicted molar refractivity (Wildman–Crippen MR) is 129 cm³/mol. The normalized spacial score (nSPS) is 12.2. The Morgan fingerprint density at radius 3 is 2.47 bits per heavy atom. The number of hydroxylamine groups is 1. The van der Waals surface area contributed by atoms with Gasteiger partial charge >= 0.3 is 0 Å². The van der Waals surface area contributed by atoms with Crippen molar-refractivity contribution in [1.82, 2.24) is 5.48 Å². The number of aliphatic hydroxyl groups is 1. The second-order valence-electron chi connectivity index (χ2n) is 8.00. The van der Waals surface area contributed by atoms with Gasteiger partial charge in [0.25, 0.3) is 0 Å². The summed E-state index contributed by atoms with van der Waals surface area (Å²) in [7, 11) is 0. The number of rotatable bonds is 17. The predicted octanol–water partition coefficient (Wildman–Crippen LogP) is 4.42. The molecule has 0 radical (unpaired) electrons. The molecule has 0 heterocycles. The zero-order valence-electron chi connectivity index (χ0n) is 19.6. The van der Waals surface area contributed by atoms with Gasteiger partial charge in [-0.25, -0.2) is 5.48 Å². The Hall–Kier alpha value is -2.12. The third kappa shape index (κ3) is 10.0. The van der Waals surface area contributed by atoms with Crippen LogP contribution >= 0.6 is 0 Å². The van der Waals surface area contributed by atoms with Crippen LogP contribution in [0, 0.1) is 5.92 Å². The van der Waals surface area contributed by atoms with E-state index in [1.54, 1.807) is 0 Å². The molecule has 0 aliphatic carbocycles. The van der Waals surface area contributed by atoms with E-state index in [1.807, 2.05) is 30.3 Å². The first-order valence-corrected chi connectivity index (χ1v) is 11.8. The van der Waals surface area contributed by atoms with Crippen molar-refractivity contribution in [3.05, 3.63) is 59.7 Å². The van der Waals surface area contributed by atoms with Crippen LogP contribution in [-0.4, -0.2) is 38.0 Å². The lowest BCUT2D eigenvalue weighted by atomic mass is 10.1. The average Bonchev–Trinajstić information content (AvgIpc) is 2.82. The van der Waals surface area contributed by atoms with Crippen molar-refractivity contribution < 1.29 is 19.4 Å². The number of aliphatic hydroxyl groups excluding tert-OH is 1. The zero-order chi connectivity index (χ0) is 23.0. The van der Waals surface area contributed by atoms with Crippen LogP contribution in [0.15, 0.2) is 48.5 Å². The van der Waals surface area contributed by atoms with E-state index in [9.17, 15) is 5.11 Å². The highest BCUT2D eigenvalue weighted by Crippen LogP contribution is 2.21. The smallest absolute Gasteiger partial charge is 0.119 e. The van der Waals surface area contributed by atoms with Gasteiger partial charge in [0.15, 0.2) is 0 Å².